The maximum Gasteiger partial charge on any atom is 0.255 e. The molecule has 14 heteroatoms. The van der Waals surface area contributed by atoms with E-state index in [4.69, 9.17) is 21.3 Å². The molecule has 336 valence electrons. The molecule has 3 aromatic carbocycles. The van der Waals surface area contributed by atoms with Gasteiger partial charge in [0.05, 0.1) is 52.7 Å². The van der Waals surface area contributed by atoms with Gasteiger partial charge in [0.1, 0.15) is 11.8 Å². The number of nitrogens with one attached hydrogen (secondary N) is 2. The molecule has 0 radical (unpaired) electrons. The molecule has 13 nitrogen and oxygen atoms in total. The highest BCUT2D eigenvalue weighted by Crippen LogP contribution is 2.43. The number of imide groups is 1. The number of rotatable bonds is 17. The van der Waals surface area contributed by atoms with Gasteiger partial charge in [-0.3, -0.25) is 29.5 Å². The molecule has 65 heavy (non-hydrogen) atoms. The number of hydrogen-bond donors (Lipinski definition) is 2. The molecule has 4 amide bonds. The average Bonchev–Trinajstić information content (AvgIpc) is 3.82. The van der Waals surface area contributed by atoms with Crippen molar-refractivity contribution in [1.82, 2.24) is 30.1 Å². The molecule has 9 rings (SSSR count). The highest BCUT2D eigenvalue weighted by Gasteiger charge is 2.48. The van der Waals surface area contributed by atoms with Crippen LogP contribution < -0.4 is 20.3 Å². The van der Waals surface area contributed by atoms with Crippen LogP contribution in [0.5, 0.6) is 5.75 Å². The summed E-state index contributed by atoms with van der Waals surface area (Å²) >= 11 is 6.61. The Morgan fingerprint density at radius 3 is 2.35 bits per heavy atom. The van der Waals surface area contributed by atoms with Crippen molar-refractivity contribution in [1.29, 1.82) is 0 Å². The number of piperidine rings is 2. The summed E-state index contributed by atoms with van der Waals surface area (Å²) in [4.78, 5) is 70.6. The van der Waals surface area contributed by atoms with Crippen LogP contribution in [-0.2, 0) is 20.9 Å². The molecule has 5 aromatic rings. The number of anilines is 3. The maximum atomic E-state index is 14.0. The first-order valence-corrected chi connectivity index (χ1v) is 23.5. The number of hydrogen-bond acceptors (Lipinski definition) is 10. The van der Waals surface area contributed by atoms with E-state index in [1.54, 1.807) is 29.6 Å². The normalized spacial score (nSPS) is 18.3. The zero-order valence-electron chi connectivity index (χ0n) is 36.6. The van der Waals surface area contributed by atoms with Crippen molar-refractivity contribution in [3.05, 3.63) is 114 Å². The summed E-state index contributed by atoms with van der Waals surface area (Å²) in [7, 11) is 0. The fraction of sp³-hybridized carbons (Fsp3) is 0.392. The molecule has 1 spiro atoms. The molecule has 0 aliphatic carbocycles. The molecule has 4 aliphatic rings. The summed E-state index contributed by atoms with van der Waals surface area (Å²) in [5.74, 6) is 0.465. The first-order valence-electron chi connectivity index (χ1n) is 23.1. The third kappa shape index (κ3) is 10.1. The Labute approximate surface area is 384 Å². The van der Waals surface area contributed by atoms with Crippen molar-refractivity contribution in [2.24, 2.45) is 5.41 Å². The van der Waals surface area contributed by atoms with Crippen LogP contribution in [0.3, 0.4) is 0 Å². The van der Waals surface area contributed by atoms with Crippen LogP contribution in [-0.4, -0.2) is 87.2 Å². The van der Waals surface area contributed by atoms with E-state index in [2.05, 4.69) is 49.8 Å². The second-order valence-corrected chi connectivity index (χ2v) is 18.2. The first-order chi connectivity index (χ1) is 31.7. The van der Waals surface area contributed by atoms with Crippen LogP contribution >= 0.6 is 11.6 Å². The highest BCUT2D eigenvalue weighted by atomic mass is 35.5. The Morgan fingerprint density at radius 2 is 1.54 bits per heavy atom. The van der Waals surface area contributed by atoms with E-state index in [1.165, 1.54) is 32.1 Å². The smallest absolute Gasteiger partial charge is 0.255 e. The number of aromatic nitrogens is 3. The van der Waals surface area contributed by atoms with Crippen LogP contribution in [0, 0.1) is 5.41 Å². The lowest BCUT2D eigenvalue weighted by atomic mass is 9.77. The second-order valence-electron chi connectivity index (χ2n) is 17.8. The third-order valence-corrected chi connectivity index (χ3v) is 13.8. The van der Waals surface area contributed by atoms with Gasteiger partial charge >= 0.3 is 0 Å². The number of fused-ring (bicyclic) bond motifs is 1. The Kier molecular flexibility index (Phi) is 13.5. The van der Waals surface area contributed by atoms with Gasteiger partial charge in [-0.1, -0.05) is 92.2 Å². The Bertz CT molecular complexity index is 2550. The summed E-state index contributed by atoms with van der Waals surface area (Å²) < 4.78 is 6.02. The number of halogens is 1. The summed E-state index contributed by atoms with van der Waals surface area (Å²) in [6.45, 7) is 4.61. The summed E-state index contributed by atoms with van der Waals surface area (Å²) in [6.07, 6.45) is 16.3. The lowest BCUT2D eigenvalue weighted by Gasteiger charge is -2.38. The molecule has 1 unspecified atom stereocenters. The number of carbonyl (C=O) groups excluding carboxylic acids is 4. The summed E-state index contributed by atoms with van der Waals surface area (Å²) in [6, 6.07) is 25.2. The molecule has 0 bridgehead atoms. The maximum absolute atomic E-state index is 14.0. The molecule has 3 fully saturated rings. The summed E-state index contributed by atoms with van der Waals surface area (Å²) in [5.41, 5.74) is 6.30. The molecule has 6 heterocycles. The predicted octanol–water partition coefficient (Wildman–Crippen LogP) is 8.99. The standard InChI is InChI=1S/C51H55ClN8O5/c52-43-33-54-50(57-46(43)37-15-11-14-36(28-37)35-12-7-6-8-13-35)55-39-30-40(32-53-31-39)59-26-22-51(49(59)64)20-24-58(25-21-51)23-9-4-2-1-3-5-10-27-65-41-16-17-42-38(29-41)34-60(48(42)63)44-18-19-45(61)56-47(44)62/h6-8,11-17,28-33,44H,1-5,9-10,18-27,34H2,(H,54,55,57)(H,56,61,62). The third-order valence-electron chi connectivity index (χ3n) is 13.5. The van der Waals surface area contributed by atoms with E-state index in [-0.39, 0.29) is 29.6 Å². The average molecular weight is 896 g/mol. The summed E-state index contributed by atoms with van der Waals surface area (Å²) in [5, 5.41) is 6.10. The SMILES string of the molecule is O=C1CCC(N2Cc3cc(OCCCCCCCCCN4CCC5(CC4)CCN(c4cncc(Nc6ncc(Cl)c(-c7cccc(-c8ccccc8)c7)n6)c4)C5=O)ccc3C2=O)C(=O)N1. The van der Waals surface area contributed by atoms with Crippen molar-refractivity contribution in [2.45, 2.75) is 89.6 Å². The molecule has 3 saturated heterocycles. The number of unbranched alkanes of at least 4 members (excludes halogenated alkanes) is 6. The molecule has 0 saturated carbocycles. The van der Waals surface area contributed by atoms with Gasteiger partial charge in [0, 0.05) is 30.6 Å². The van der Waals surface area contributed by atoms with Gasteiger partial charge in [-0.2, -0.15) is 0 Å². The van der Waals surface area contributed by atoms with Crippen LogP contribution in [0.1, 0.15) is 93.0 Å². The zero-order valence-corrected chi connectivity index (χ0v) is 37.4. The molecule has 4 aliphatic heterocycles. The number of carbonyl (C=O) groups is 4. The van der Waals surface area contributed by atoms with Crippen molar-refractivity contribution in [2.75, 3.05) is 43.0 Å². The van der Waals surface area contributed by atoms with Crippen molar-refractivity contribution in [3.63, 3.8) is 0 Å². The van der Waals surface area contributed by atoms with E-state index >= 15 is 0 Å². The molecule has 2 aromatic heterocycles. The molecule has 1 atom stereocenters. The molecular formula is C51H55ClN8O5. The Balaban J connectivity index is 0.665. The van der Waals surface area contributed by atoms with Crippen LogP contribution in [0.2, 0.25) is 5.02 Å². The largest absolute Gasteiger partial charge is 0.494 e. The van der Waals surface area contributed by atoms with Crippen LogP contribution in [0.4, 0.5) is 17.3 Å². The van der Waals surface area contributed by atoms with Crippen molar-refractivity contribution < 1.29 is 23.9 Å². The zero-order chi connectivity index (χ0) is 44.8. The number of benzene rings is 3. The number of likely N-dealkylation sites (tertiary alicyclic amines) is 1. The van der Waals surface area contributed by atoms with Gasteiger partial charge in [0.15, 0.2) is 0 Å². The molecular weight excluding hydrogens is 840 g/mol. The lowest BCUT2D eigenvalue weighted by Crippen LogP contribution is -2.52. The minimum absolute atomic E-state index is 0.173. The monoisotopic (exact) mass is 894 g/mol. The number of ether oxygens (including phenoxy) is 1. The fourth-order valence-corrected chi connectivity index (χ4v) is 9.97. The van der Waals surface area contributed by atoms with Gasteiger partial charge in [-0.05, 0) is 105 Å². The molecule has 2 N–H and O–H groups in total. The number of pyridine rings is 1. The fourth-order valence-electron chi connectivity index (χ4n) is 9.77. The van der Waals surface area contributed by atoms with Gasteiger partial charge in [-0.15, -0.1) is 0 Å². The second kappa shape index (κ2) is 19.9. The lowest BCUT2D eigenvalue weighted by molar-refractivity contribution is -0.137. The predicted molar refractivity (Wildman–Crippen MR) is 251 cm³/mol. The number of amides is 4. The Morgan fingerprint density at radius 1 is 0.785 bits per heavy atom. The van der Waals surface area contributed by atoms with Crippen molar-refractivity contribution >= 4 is 52.6 Å². The van der Waals surface area contributed by atoms with E-state index in [1.807, 2.05) is 53.4 Å². The Hall–Kier alpha value is -6.18. The van der Waals surface area contributed by atoms with Crippen LogP contribution in [0.25, 0.3) is 22.4 Å². The van der Waals surface area contributed by atoms with E-state index in [0.717, 1.165) is 85.4 Å². The first kappa shape index (κ1) is 44.0. The minimum Gasteiger partial charge on any atom is -0.494 e. The number of nitrogens with zero attached hydrogens (tertiary/aromatic N) is 6. The highest BCUT2D eigenvalue weighted by molar-refractivity contribution is 6.33. The van der Waals surface area contributed by atoms with Gasteiger partial charge < -0.3 is 24.8 Å². The minimum atomic E-state index is -0.615. The topological polar surface area (TPSA) is 150 Å². The van der Waals surface area contributed by atoms with Gasteiger partial charge in [0.25, 0.3) is 5.91 Å². The quantitative estimate of drug-likeness (QED) is 0.0684. The van der Waals surface area contributed by atoms with Gasteiger partial charge in [-0.25, -0.2) is 9.97 Å². The van der Waals surface area contributed by atoms with E-state index in [9.17, 15) is 19.2 Å². The van der Waals surface area contributed by atoms with Crippen LogP contribution in [0.15, 0.2) is 97.5 Å². The van der Waals surface area contributed by atoms with Gasteiger partial charge in [0.2, 0.25) is 23.7 Å². The van der Waals surface area contributed by atoms with E-state index in [0.29, 0.717) is 54.0 Å². The van der Waals surface area contributed by atoms with Crippen molar-refractivity contribution in [3.8, 4) is 28.1 Å². The van der Waals surface area contributed by atoms with E-state index < -0.39 is 11.9 Å².